The largest absolute Gasteiger partial charge is 0.394 e. The van der Waals surface area contributed by atoms with E-state index < -0.39 is 36.9 Å². The van der Waals surface area contributed by atoms with Crippen LogP contribution in [0.15, 0.2) is 24.3 Å². The molecule has 1 amide bonds. The number of aliphatic hydroxyl groups excluding tert-OH is 4. The van der Waals surface area contributed by atoms with E-state index in [2.05, 4.69) is 43.5 Å². The molecule has 0 heterocycles. The van der Waals surface area contributed by atoms with Crippen molar-refractivity contribution in [1.29, 1.82) is 0 Å². The molecule has 0 saturated heterocycles. The van der Waals surface area contributed by atoms with E-state index >= 15 is 0 Å². The Balaban J connectivity index is 3.58. The van der Waals surface area contributed by atoms with Crippen molar-refractivity contribution in [2.24, 2.45) is 0 Å². The normalized spacial score (nSPS) is 14.2. The molecule has 4 unspecified atom stereocenters. The third kappa shape index (κ3) is 38.1. The van der Waals surface area contributed by atoms with Gasteiger partial charge in [-0.15, -0.1) is 0 Å². The highest BCUT2D eigenvalue weighted by atomic mass is 16.3. The van der Waals surface area contributed by atoms with Gasteiger partial charge < -0.3 is 25.7 Å². The number of carbonyl (C=O) groups is 1. The summed E-state index contributed by atoms with van der Waals surface area (Å²) < 4.78 is 0. The predicted octanol–water partition coefficient (Wildman–Crippen LogP) is 13.1. The van der Waals surface area contributed by atoms with E-state index in [9.17, 15) is 25.2 Å². The zero-order valence-electron chi connectivity index (χ0n) is 36.7. The second-order valence-electron chi connectivity index (χ2n) is 16.8. The number of nitrogens with one attached hydrogen (secondary N) is 1. The van der Waals surface area contributed by atoms with E-state index in [0.717, 1.165) is 44.9 Å². The number of unbranched alkanes of at least 4 members (excludes halogenated alkanes) is 31. The van der Waals surface area contributed by atoms with Crippen LogP contribution in [-0.4, -0.2) is 57.3 Å². The number of allylic oxidation sites excluding steroid dienone is 4. The van der Waals surface area contributed by atoms with Gasteiger partial charge in [0.1, 0.15) is 12.2 Å². The second kappa shape index (κ2) is 43.9. The van der Waals surface area contributed by atoms with Gasteiger partial charge in [0, 0.05) is 0 Å². The van der Waals surface area contributed by atoms with Gasteiger partial charge in [0.05, 0.1) is 18.8 Å². The predicted molar refractivity (Wildman–Crippen MR) is 237 cm³/mol. The quantitative estimate of drug-likeness (QED) is 0.0313. The van der Waals surface area contributed by atoms with Gasteiger partial charge in [-0.3, -0.25) is 4.79 Å². The summed E-state index contributed by atoms with van der Waals surface area (Å²) in [7, 11) is 0. The van der Waals surface area contributed by atoms with Gasteiger partial charge in [0.25, 0.3) is 0 Å². The van der Waals surface area contributed by atoms with Gasteiger partial charge in [0.15, 0.2) is 0 Å². The van der Waals surface area contributed by atoms with Crippen LogP contribution in [0.4, 0.5) is 0 Å². The molecular weight excluding hydrogens is 683 g/mol. The van der Waals surface area contributed by atoms with Gasteiger partial charge in [-0.05, 0) is 44.9 Å². The highest BCUT2D eigenvalue weighted by molar-refractivity contribution is 5.80. The zero-order valence-corrected chi connectivity index (χ0v) is 36.7. The van der Waals surface area contributed by atoms with Gasteiger partial charge in [-0.25, -0.2) is 0 Å². The molecule has 326 valence electrons. The van der Waals surface area contributed by atoms with Crippen LogP contribution in [0.1, 0.15) is 251 Å². The molecule has 0 aliphatic heterocycles. The maximum atomic E-state index is 12.5. The average Bonchev–Trinajstić information content (AvgIpc) is 3.19. The Morgan fingerprint density at radius 2 is 0.782 bits per heavy atom. The van der Waals surface area contributed by atoms with Crippen molar-refractivity contribution >= 4 is 5.91 Å². The fraction of sp³-hybridized carbons (Fsp3) is 0.898. The maximum absolute atomic E-state index is 12.5. The van der Waals surface area contributed by atoms with Gasteiger partial charge in [-0.1, -0.05) is 231 Å². The molecule has 0 aromatic heterocycles. The fourth-order valence-electron chi connectivity index (χ4n) is 7.55. The first-order valence-corrected chi connectivity index (χ1v) is 24.2. The van der Waals surface area contributed by atoms with E-state index in [-0.39, 0.29) is 0 Å². The number of amides is 1. The molecule has 0 aliphatic carbocycles. The summed E-state index contributed by atoms with van der Waals surface area (Å²) in [5.41, 5.74) is 0. The lowest BCUT2D eigenvalue weighted by atomic mass is 9.99. The fourth-order valence-corrected chi connectivity index (χ4v) is 7.55. The number of aliphatic hydroxyl groups is 4. The number of hydrogen-bond acceptors (Lipinski definition) is 5. The third-order valence-corrected chi connectivity index (χ3v) is 11.4. The van der Waals surface area contributed by atoms with Crippen molar-refractivity contribution in [3.8, 4) is 0 Å². The maximum Gasteiger partial charge on any atom is 0.249 e. The molecule has 6 heteroatoms. The van der Waals surface area contributed by atoms with Crippen LogP contribution in [0.5, 0.6) is 0 Å². The Kier molecular flexibility index (Phi) is 42.9. The van der Waals surface area contributed by atoms with E-state index in [1.807, 2.05) is 0 Å². The molecule has 0 rings (SSSR count). The number of rotatable bonds is 44. The third-order valence-electron chi connectivity index (χ3n) is 11.4. The Hall–Kier alpha value is -1.21. The second-order valence-corrected chi connectivity index (χ2v) is 16.8. The van der Waals surface area contributed by atoms with E-state index in [4.69, 9.17) is 0 Å². The molecule has 0 radical (unpaired) electrons. The van der Waals surface area contributed by atoms with Crippen molar-refractivity contribution in [1.82, 2.24) is 5.32 Å². The Bertz CT molecular complexity index is 832. The number of carbonyl (C=O) groups excluding carboxylic acids is 1. The smallest absolute Gasteiger partial charge is 0.249 e. The van der Waals surface area contributed by atoms with Crippen LogP contribution < -0.4 is 5.32 Å². The van der Waals surface area contributed by atoms with Crippen molar-refractivity contribution in [2.75, 3.05) is 6.61 Å². The summed E-state index contributed by atoms with van der Waals surface area (Å²) in [4.78, 5) is 12.5. The molecule has 0 fully saturated rings. The SMILES string of the molecule is CCCCCCCCCCC/C=C\C/C=C\CCCCCCCCCCCCCCCCC(O)C(=O)NC(CO)C(O)C(O)CCCCCCCCCCC. The standard InChI is InChI=1S/C49H95NO5/c1-3-5-7-9-11-13-14-15-16-17-18-19-20-21-22-23-24-25-26-27-28-29-30-31-32-33-35-37-39-41-43-47(53)49(55)50-45(44-51)48(54)46(52)42-40-38-36-34-12-10-8-6-4-2/h18-19,21-22,45-48,51-54H,3-17,20,23-44H2,1-2H3,(H,50,55)/b19-18-,22-21-. The van der Waals surface area contributed by atoms with Crippen molar-refractivity contribution in [3.05, 3.63) is 24.3 Å². The molecule has 0 aromatic carbocycles. The molecule has 4 atom stereocenters. The molecule has 0 spiro atoms. The van der Waals surface area contributed by atoms with Crippen molar-refractivity contribution < 1.29 is 25.2 Å². The first-order chi connectivity index (χ1) is 27.0. The van der Waals surface area contributed by atoms with Crippen LogP contribution in [0.25, 0.3) is 0 Å². The van der Waals surface area contributed by atoms with Crippen LogP contribution in [0.2, 0.25) is 0 Å². The van der Waals surface area contributed by atoms with Crippen molar-refractivity contribution in [3.63, 3.8) is 0 Å². The summed E-state index contributed by atoms with van der Waals surface area (Å²) in [6.45, 7) is 4.03. The topological polar surface area (TPSA) is 110 Å². The van der Waals surface area contributed by atoms with Crippen LogP contribution in [0, 0.1) is 0 Å². The van der Waals surface area contributed by atoms with Crippen molar-refractivity contribution in [2.45, 2.75) is 276 Å². The lowest BCUT2D eigenvalue weighted by Crippen LogP contribution is -2.53. The Morgan fingerprint density at radius 1 is 0.455 bits per heavy atom. The lowest BCUT2D eigenvalue weighted by Gasteiger charge is -2.27. The summed E-state index contributed by atoms with van der Waals surface area (Å²) in [6.07, 6.45) is 51.0. The van der Waals surface area contributed by atoms with Gasteiger partial charge in [-0.2, -0.15) is 0 Å². The monoisotopic (exact) mass is 778 g/mol. The number of hydrogen-bond donors (Lipinski definition) is 5. The summed E-state index contributed by atoms with van der Waals surface area (Å²) >= 11 is 0. The average molecular weight is 778 g/mol. The van der Waals surface area contributed by atoms with E-state index in [1.54, 1.807) is 0 Å². The molecule has 0 saturated carbocycles. The molecule has 0 bridgehead atoms. The summed E-state index contributed by atoms with van der Waals surface area (Å²) in [5.74, 6) is -0.584. The van der Waals surface area contributed by atoms with Gasteiger partial charge in [0.2, 0.25) is 5.91 Å². The first-order valence-electron chi connectivity index (χ1n) is 24.2. The van der Waals surface area contributed by atoms with E-state index in [1.165, 1.54) is 180 Å². The molecular formula is C49H95NO5. The minimum Gasteiger partial charge on any atom is -0.394 e. The molecule has 0 aromatic rings. The minimum absolute atomic E-state index is 0.370. The lowest BCUT2D eigenvalue weighted by molar-refractivity contribution is -0.132. The summed E-state index contributed by atoms with van der Waals surface area (Å²) in [5, 5.41) is 43.5. The van der Waals surface area contributed by atoms with Crippen LogP contribution in [0.3, 0.4) is 0 Å². The Morgan fingerprint density at radius 3 is 1.15 bits per heavy atom. The summed E-state index contributed by atoms with van der Waals surface area (Å²) in [6, 6.07) is -0.981. The molecule has 0 aliphatic rings. The van der Waals surface area contributed by atoms with Crippen LogP contribution in [-0.2, 0) is 4.79 Å². The minimum atomic E-state index is -1.25. The molecule has 5 N–H and O–H groups in total. The highest BCUT2D eigenvalue weighted by Crippen LogP contribution is 2.17. The van der Waals surface area contributed by atoms with E-state index in [0.29, 0.717) is 12.8 Å². The zero-order chi connectivity index (χ0) is 40.3. The molecule has 6 nitrogen and oxygen atoms in total. The highest BCUT2D eigenvalue weighted by Gasteiger charge is 2.28. The van der Waals surface area contributed by atoms with Gasteiger partial charge >= 0.3 is 0 Å². The molecule has 55 heavy (non-hydrogen) atoms. The Labute approximate surface area is 342 Å². The van der Waals surface area contributed by atoms with Crippen LogP contribution >= 0.6 is 0 Å². The first kappa shape index (κ1) is 53.8.